The maximum absolute atomic E-state index is 12.4. The van der Waals surface area contributed by atoms with E-state index in [9.17, 15) is 9.59 Å². The number of aliphatic imine (C=N–C) groups is 1. The molecule has 22 heavy (non-hydrogen) atoms. The van der Waals surface area contributed by atoms with Crippen LogP contribution in [0.1, 0.15) is 25.8 Å². The summed E-state index contributed by atoms with van der Waals surface area (Å²) in [5, 5.41) is 0. The summed E-state index contributed by atoms with van der Waals surface area (Å²) in [5.41, 5.74) is -0.0584. The number of carbonyl (C=O) groups is 2. The molecule has 1 aromatic rings. The van der Waals surface area contributed by atoms with Crippen molar-refractivity contribution in [2.45, 2.75) is 32.2 Å². The second-order valence-electron chi connectivity index (χ2n) is 5.52. The van der Waals surface area contributed by atoms with Crippen molar-refractivity contribution in [2.75, 3.05) is 6.61 Å². The molecule has 0 radical (unpaired) electrons. The fourth-order valence-electron chi connectivity index (χ4n) is 2.55. The monoisotopic (exact) mass is 299 g/mol. The van der Waals surface area contributed by atoms with Gasteiger partial charge in [-0.15, -0.1) is 0 Å². The molecule has 0 fully saturated rings. The molecule has 0 N–H and O–H groups in total. The second-order valence-corrected chi connectivity index (χ2v) is 5.52. The minimum atomic E-state index is -1.04. The molecule has 4 nitrogen and oxygen atoms in total. The van der Waals surface area contributed by atoms with Crippen LogP contribution in [-0.2, 0) is 20.7 Å². The van der Waals surface area contributed by atoms with Gasteiger partial charge in [-0.25, -0.2) is 4.79 Å². The molecule has 0 spiro atoms. The predicted molar refractivity (Wildman–Crippen MR) is 85.9 cm³/mol. The zero-order valence-electron chi connectivity index (χ0n) is 13.0. The van der Waals surface area contributed by atoms with Crippen LogP contribution in [0.5, 0.6) is 0 Å². The first-order valence-electron chi connectivity index (χ1n) is 7.54. The Balaban J connectivity index is 2.04. The molecule has 0 aromatic heterocycles. The molecule has 1 aliphatic heterocycles. The van der Waals surface area contributed by atoms with Crippen molar-refractivity contribution in [2.24, 2.45) is 10.9 Å². The molecule has 1 heterocycles. The molecule has 2 rings (SSSR count). The maximum Gasteiger partial charge on any atom is 0.338 e. The fraction of sp³-hybridized carbons (Fsp3) is 0.389. The van der Waals surface area contributed by atoms with Crippen LogP contribution in [0.2, 0.25) is 0 Å². The number of hydrogen-bond donors (Lipinski definition) is 0. The number of benzene rings is 1. The topological polar surface area (TPSA) is 55.7 Å². The van der Waals surface area contributed by atoms with Gasteiger partial charge in [0.25, 0.3) is 0 Å². The molecule has 0 bridgehead atoms. The summed E-state index contributed by atoms with van der Waals surface area (Å²) >= 11 is 0. The van der Waals surface area contributed by atoms with Gasteiger partial charge in [-0.2, -0.15) is 0 Å². The Labute approximate surface area is 130 Å². The largest absolute Gasteiger partial charge is 0.464 e. The quantitative estimate of drug-likeness (QED) is 0.727. The number of carbonyl (C=O) groups excluding carboxylic acids is 2. The molecule has 116 valence electrons. The number of ketones is 1. The highest BCUT2D eigenvalue weighted by Crippen LogP contribution is 2.28. The first-order chi connectivity index (χ1) is 10.6. The summed E-state index contributed by atoms with van der Waals surface area (Å²) in [6, 6.07) is 9.61. The Morgan fingerprint density at radius 2 is 2.00 bits per heavy atom. The van der Waals surface area contributed by atoms with E-state index < -0.39 is 5.54 Å². The summed E-state index contributed by atoms with van der Waals surface area (Å²) < 4.78 is 5.11. The molecule has 0 aliphatic carbocycles. The van der Waals surface area contributed by atoms with Crippen LogP contribution < -0.4 is 0 Å². The van der Waals surface area contributed by atoms with Gasteiger partial charge in [-0.1, -0.05) is 37.3 Å². The third kappa shape index (κ3) is 3.70. The highest BCUT2D eigenvalue weighted by Gasteiger charge is 2.40. The van der Waals surface area contributed by atoms with Gasteiger partial charge < -0.3 is 4.74 Å². The number of rotatable bonds is 7. The molecule has 2 atom stereocenters. The van der Waals surface area contributed by atoms with Crippen molar-refractivity contribution in [3.63, 3.8) is 0 Å². The van der Waals surface area contributed by atoms with E-state index in [1.807, 2.05) is 37.3 Å². The molecule has 1 aromatic carbocycles. The summed E-state index contributed by atoms with van der Waals surface area (Å²) in [6.07, 6.45) is 5.74. The average molecular weight is 299 g/mol. The van der Waals surface area contributed by atoms with Crippen LogP contribution >= 0.6 is 0 Å². The van der Waals surface area contributed by atoms with Gasteiger partial charge in [0, 0.05) is 18.6 Å². The van der Waals surface area contributed by atoms with Crippen LogP contribution in [0.3, 0.4) is 0 Å². The lowest BCUT2D eigenvalue weighted by molar-refractivity contribution is -0.148. The normalized spacial score (nSPS) is 20.8. The minimum absolute atomic E-state index is 0.102. The third-order valence-corrected chi connectivity index (χ3v) is 3.78. The number of esters is 1. The average Bonchev–Trinajstić information content (AvgIpc) is 2.98. The maximum atomic E-state index is 12.4. The highest BCUT2D eigenvalue weighted by atomic mass is 16.5. The Morgan fingerprint density at radius 3 is 2.59 bits per heavy atom. The summed E-state index contributed by atoms with van der Waals surface area (Å²) in [6.45, 7) is 3.90. The van der Waals surface area contributed by atoms with E-state index in [-0.39, 0.29) is 17.7 Å². The number of nitrogens with zero attached hydrogens (tertiary/aromatic N) is 1. The Morgan fingerprint density at radius 1 is 1.27 bits per heavy atom. The standard InChI is InChI=1S/C18H21NO3/c1-3-22-17(21)18(10-7-11-19-18)13-14(2)16(20)12-15-8-5-4-6-9-15/h4-11,14H,3,12-13H2,1-2H3. The lowest BCUT2D eigenvalue weighted by Crippen LogP contribution is -2.38. The van der Waals surface area contributed by atoms with Crippen molar-refractivity contribution in [3.05, 3.63) is 48.0 Å². The Kier molecular flexibility index (Phi) is 5.26. The smallest absolute Gasteiger partial charge is 0.338 e. The van der Waals surface area contributed by atoms with E-state index in [2.05, 4.69) is 4.99 Å². The third-order valence-electron chi connectivity index (χ3n) is 3.78. The van der Waals surface area contributed by atoms with E-state index in [1.54, 1.807) is 25.3 Å². The molecule has 0 saturated heterocycles. The predicted octanol–water partition coefficient (Wildman–Crippen LogP) is 2.77. The zero-order chi connectivity index (χ0) is 16.0. The van der Waals surface area contributed by atoms with E-state index in [4.69, 9.17) is 4.74 Å². The Hall–Kier alpha value is -2.23. The van der Waals surface area contributed by atoms with E-state index >= 15 is 0 Å². The lowest BCUT2D eigenvalue weighted by atomic mass is 9.85. The first kappa shape index (κ1) is 16.1. The van der Waals surface area contributed by atoms with Crippen molar-refractivity contribution in [3.8, 4) is 0 Å². The van der Waals surface area contributed by atoms with Gasteiger partial charge in [-0.05, 0) is 31.1 Å². The highest BCUT2D eigenvalue weighted by molar-refractivity contribution is 5.92. The number of ether oxygens (including phenoxy) is 1. The number of Topliss-reactive ketones (excluding diaryl/α,β-unsaturated/α-hetero) is 1. The SMILES string of the molecule is CCOC(=O)C1(CC(C)C(=O)Cc2ccccc2)C=CC=N1. The van der Waals surface area contributed by atoms with Crippen molar-refractivity contribution in [1.29, 1.82) is 0 Å². The molecular formula is C18H21NO3. The van der Waals surface area contributed by atoms with Crippen LogP contribution in [0.15, 0.2) is 47.5 Å². The summed E-state index contributed by atoms with van der Waals surface area (Å²) in [7, 11) is 0. The van der Waals surface area contributed by atoms with Gasteiger partial charge in [0.2, 0.25) is 0 Å². The van der Waals surface area contributed by atoms with Gasteiger partial charge in [0.05, 0.1) is 6.61 Å². The fourth-order valence-corrected chi connectivity index (χ4v) is 2.55. The summed E-state index contributed by atoms with van der Waals surface area (Å²) in [5.74, 6) is -0.561. The molecule has 0 amide bonds. The van der Waals surface area contributed by atoms with E-state index in [0.29, 0.717) is 19.4 Å². The van der Waals surface area contributed by atoms with Crippen molar-refractivity contribution < 1.29 is 14.3 Å². The van der Waals surface area contributed by atoms with Crippen LogP contribution in [0.4, 0.5) is 0 Å². The van der Waals surface area contributed by atoms with Crippen molar-refractivity contribution >= 4 is 18.0 Å². The minimum Gasteiger partial charge on any atom is -0.464 e. The van der Waals surface area contributed by atoms with Crippen LogP contribution in [-0.4, -0.2) is 30.1 Å². The first-order valence-corrected chi connectivity index (χ1v) is 7.54. The molecule has 4 heteroatoms. The van der Waals surface area contributed by atoms with Gasteiger partial charge in [0.15, 0.2) is 5.54 Å². The van der Waals surface area contributed by atoms with Gasteiger partial charge in [0.1, 0.15) is 5.78 Å². The van der Waals surface area contributed by atoms with Crippen LogP contribution in [0, 0.1) is 5.92 Å². The van der Waals surface area contributed by atoms with Gasteiger partial charge in [-0.3, -0.25) is 9.79 Å². The van der Waals surface area contributed by atoms with E-state index in [0.717, 1.165) is 5.56 Å². The Bertz CT molecular complexity index is 578. The number of hydrogen-bond acceptors (Lipinski definition) is 4. The van der Waals surface area contributed by atoms with E-state index in [1.165, 1.54) is 0 Å². The zero-order valence-corrected chi connectivity index (χ0v) is 13.0. The number of allylic oxidation sites excluding steroid dienone is 1. The molecule has 0 saturated carbocycles. The molecule has 2 unspecified atom stereocenters. The van der Waals surface area contributed by atoms with Crippen molar-refractivity contribution in [1.82, 2.24) is 0 Å². The second kappa shape index (κ2) is 7.16. The molecule has 1 aliphatic rings. The lowest BCUT2D eigenvalue weighted by Gasteiger charge is -2.24. The van der Waals surface area contributed by atoms with Gasteiger partial charge >= 0.3 is 5.97 Å². The summed E-state index contributed by atoms with van der Waals surface area (Å²) in [4.78, 5) is 28.8. The van der Waals surface area contributed by atoms with Crippen LogP contribution in [0.25, 0.3) is 0 Å². The molecular weight excluding hydrogens is 278 g/mol.